The molecule has 3 heterocycles. The number of nitrogens with one attached hydrogen (secondary N) is 2. The van der Waals surface area contributed by atoms with Gasteiger partial charge in [0.1, 0.15) is 12.2 Å². The fourth-order valence-electron chi connectivity index (χ4n) is 3.14. The number of likely N-dealkylation sites (tertiary alicyclic amines) is 1. The Morgan fingerprint density at radius 1 is 1.35 bits per heavy atom. The van der Waals surface area contributed by atoms with Crippen LogP contribution < -0.4 is 0 Å². The Kier molecular flexibility index (Phi) is 3.30. The third-order valence-corrected chi connectivity index (χ3v) is 4.32. The highest BCUT2D eigenvalue weighted by Crippen LogP contribution is 2.33. The van der Waals surface area contributed by atoms with E-state index in [0.29, 0.717) is 24.4 Å². The van der Waals surface area contributed by atoms with E-state index in [1.807, 2.05) is 18.2 Å². The summed E-state index contributed by atoms with van der Waals surface area (Å²) >= 11 is 0. The van der Waals surface area contributed by atoms with Crippen molar-refractivity contribution in [2.45, 2.75) is 18.6 Å². The van der Waals surface area contributed by atoms with Gasteiger partial charge in [0, 0.05) is 25.5 Å². The van der Waals surface area contributed by atoms with Crippen LogP contribution in [0.5, 0.6) is 0 Å². The van der Waals surface area contributed by atoms with E-state index in [4.69, 9.17) is 4.74 Å². The van der Waals surface area contributed by atoms with Crippen molar-refractivity contribution in [3.63, 3.8) is 0 Å². The summed E-state index contributed by atoms with van der Waals surface area (Å²) in [5, 5.41) is 14.5. The molecule has 0 aliphatic carbocycles. The minimum absolute atomic E-state index is 0.0161. The number of benzene rings is 1. The molecule has 1 aromatic carbocycles. The number of fused-ring (bicyclic) bond motifs is 1. The van der Waals surface area contributed by atoms with E-state index in [-0.39, 0.29) is 18.1 Å². The lowest BCUT2D eigenvalue weighted by molar-refractivity contribution is 0.0686. The number of nitrogens with zero attached hydrogens (tertiary/aromatic N) is 4. The third-order valence-electron chi connectivity index (χ3n) is 4.32. The second-order valence-corrected chi connectivity index (χ2v) is 5.57. The molecule has 3 aromatic rings. The Bertz CT molecular complexity index is 827. The zero-order valence-electron chi connectivity index (χ0n) is 12.6. The standard InChI is InChI=1S/C15H16N6O2/c1-23-9-5-13(14-16-8-18-20-14)21(7-9)15(22)10-3-2-4-12-11(10)6-17-19-12/h2-4,6,8-9,13H,5,7H2,1H3,(H,17,19)(H,16,18,20)/t9-,13+/m1/s1. The van der Waals surface area contributed by atoms with Crippen molar-refractivity contribution in [2.24, 2.45) is 0 Å². The Hall–Kier alpha value is -2.74. The average molecular weight is 312 g/mol. The van der Waals surface area contributed by atoms with Crippen LogP contribution in [0.4, 0.5) is 0 Å². The zero-order valence-corrected chi connectivity index (χ0v) is 12.6. The largest absolute Gasteiger partial charge is 0.380 e. The molecule has 1 amide bonds. The lowest BCUT2D eigenvalue weighted by Crippen LogP contribution is -2.32. The van der Waals surface area contributed by atoms with E-state index < -0.39 is 0 Å². The van der Waals surface area contributed by atoms with Gasteiger partial charge in [-0.05, 0) is 12.1 Å². The molecule has 8 nitrogen and oxygen atoms in total. The summed E-state index contributed by atoms with van der Waals surface area (Å²) in [5.41, 5.74) is 1.46. The normalized spacial score (nSPS) is 21.2. The number of aromatic amines is 2. The molecule has 1 saturated heterocycles. The summed E-state index contributed by atoms with van der Waals surface area (Å²) in [6.07, 6.45) is 3.81. The Labute approximate surface area is 131 Å². The van der Waals surface area contributed by atoms with Crippen LogP contribution in [0.15, 0.2) is 30.7 Å². The first-order valence-corrected chi connectivity index (χ1v) is 7.39. The maximum atomic E-state index is 13.1. The monoisotopic (exact) mass is 312 g/mol. The molecular formula is C15H16N6O2. The lowest BCUT2D eigenvalue weighted by atomic mass is 10.1. The summed E-state index contributed by atoms with van der Waals surface area (Å²) in [4.78, 5) is 19.1. The topological polar surface area (TPSA) is 99.8 Å². The molecule has 8 heteroatoms. The van der Waals surface area contributed by atoms with Crippen molar-refractivity contribution in [1.29, 1.82) is 0 Å². The van der Waals surface area contributed by atoms with Crippen LogP contribution in [0.2, 0.25) is 0 Å². The molecule has 118 valence electrons. The summed E-state index contributed by atoms with van der Waals surface area (Å²) in [6, 6.07) is 5.39. The van der Waals surface area contributed by atoms with Gasteiger partial charge in [0.15, 0.2) is 0 Å². The van der Waals surface area contributed by atoms with E-state index >= 15 is 0 Å². The fraction of sp³-hybridized carbons (Fsp3) is 0.333. The maximum absolute atomic E-state index is 13.1. The average Bonchev–Trinajstić information content (AvgIpc) is 3.31. The molecule has 0 radical (unpaired) electrons. The van der Waals surface area contributed by atoms with Crippen LogP contribution in [0, 0.1) is 0 Å². The second kappa shape index (κ2) is 5.47. The second-order valence-electron chi connectivity index (χ2n) is 5.57. The van der Waals surface area contributed by atoms with Crippen molar-refractivity contribution in [3.05, 3.63) is 42.1 Å². The molecule has 23 heavy (non-hydrogen) atoms. The minimum atomic E-state index is -0.169. The number of amides is 1. The molecule has 2 N–H and O–H groups in total. The highest BCUT2D eigenvalue weighted by atomic mass is 16.5. The van der Waals surface area contributed by atoms with Crippen LogP contribution in [0.3, 0.4) is 0 Å². The molecule has 0 unspecified atom stereocenters. The predicted octanol–water partition coefficient (Wildman–Crippen LogP) is 1.28. The first kappa shape index (κ1) is 13.9. The van der Waals surface area contributed by atoms with E-state index in [2.05, 4.69) is 25.4 Å². The lowest BCUT2D eigenvalue weighted by Gasteiger charge is -2.23. The minimum Gasteiger partial charge on any atom is -0.380 e. The maximum Gasteiger partial charge on any atom is 0.255 e. The van der Waals surface area contributed by atoms with Gasteiger partial charge in [-0.3, -0.25) is 15.0 Å². The Morgan fingerprint density at radius 2 is 2.26 bits per heavy atom. The van der Waals surface area contributed by atoms with Crippen molar-refractivity contribution in [2.75, 3.05) is 13.7 Å². The number of carbonyl (C=O) groups excluding carboxylic acids is 1. The van der Waals surface area contributed by atoms with Crippen molar-refractivity contribution in [1.82, 2.24) is 30.3 Å². The number of H-pyrrole nitrogens is 2. The van der Waals surface area contributed by atoms with Gasteiger partial charge in [0.2, 0.25) is 0 Å². The number of carbonyl (C=O) groups is 1. The molecule has 4 rings (SSSR count). The van der Waals surface area contributed by atoms with Crippen LogP contribution in [0.1, 0.15) is 28.6 Å². The van der Waals surface area contributed by atoms with Gasteiger partial charge in [-0.15, -0.1) is 0 Å². The van der Waals surface area contributed by atoms with Crippen molar-refractivity contribution >= 4 is 16.8 Å². The molecule has 2 atom stereocenters. The highest BCUT2D eigenvalue weighted by Gasteiger charge is 2.38. The van der Waals surface area contributed by atoms with Gasteiger partial charge < -0.3 is 9.64 Å². The first-order valence-electron chi connectivity index (χ1n) is 7.39. The van der Waals surface area contributed by atoms with Gasteiger partial charge in [-0.1, -0.05) is 6.07 Å². The molecule has 0 saturated carbocycles. The molecule has 1 aliphatic rings. The van der Waals surface area contributed by atoms with Gasteiger partial charge in [-0.25, -0.2) is 4.98 Å². The summed E-state index contributed by atoms with van der Waals surface area (Å²) in [5.74, 6) is 0.621. The number of hydrogen-bond acceptors (Lipinski definition) is 5. The predicted molar refractivity (Wildman–Crippen MR) is 81.7 cm³/mol. The third kappa shape index (κ3) is 2.27. The molecule has 1 fully saturated rings. The Balaban J connectivity index is 1.72. The molecule has 0 bridgehead atoms. The highest BCUT2D eigenvalue weighted by molar-refractivity contribution is 6.06. The zero-order chi connectivity index (χ0) is 15.8. The molecule has 2 aromatic heterocycles. The Morgan fingerprint density at radius 3 is 3.04 bits per heavy atom. The number of rotatable bonds is 3. The van der Waals surface area contributed by atoms with E-state index in [1.165, 1.54) is 6.33 Å². The van der Waals surface area contributed by atoms with Crippen LogP contribution in [-0.2, 0) is 4.74 Å². The van der Waals surface area contributed by atoms with E-state index in [0.717, 1.165) is 10.9 Å². The molecular weight excluding hydrogens is 296 g/mol. The number of methoxy groups -OCH3 is 1. The smallest absolute Gasteiger partial charge is 0.255 e. The van der Waals surface area contributed by atoms with E-state index in [9.17, 15) is 4.79 Å². The van der Waals surface area contributed by atoms with Crippen molar-refractivity contribution < 1.29 is 9.53 Å². The fourth-order valence-corrected chi connectivity index (χ4v) is 3.14. The number of ether oxygens (including phenoxy) is 1. The van der Waals surface area contributed by atoms with Crippen molar-refractivity contribution in [3.8, 4) is 0 Å². The quantitative estimate of drug-likeness (QED) is 0.759. The van der Waals surface area contributed by atoms with E-state index in [1.54, 1.807) is 18.2 Å². The van der Waals surface area contributed by atoms with Crippen LogP contribution in [0.25, 0.3) is 10.9 Å². The summed E-state index contributed by atoms with van der Waals surface area (Å²) in [6.45, 7) is 0.523. The summed E-state index contributed by atoms with van der Waals surface area (Å²) < 4.78 is 5.45. The van der Waals surface area contributed by atoms with Gasteiger partial charge in [0.25, 0.3) is 5.91 Å². The SMILES string of the molecule is CO[C@@H]1C[C@@H](c2ncn[nH]2)N(C(=O)c2cccc3[nH]ncc23)C1. The van der Waals surface area contributed by atoms with Gasteiger partial charge in [-0.2, -0.15) is 10.2 Å². The van der Waals surface area contributed by atoms with Gasteiger partial charge in [0.05, 0.1) is 29.4 Å². The molecule has 1 aliphatic heterocycles. The van der Waals surface area contributed by atoms with Crippen LogP contribution in [-0.4, -0.2) is 55.9 Å². The van der Waals surface area contributed by atoms with Gasteiger partial charge >= 0.3 is 0 Å². The number of aromatic nitrogens is 5. The number of hydrogen-bond donors (Lipinski definition) is 2. The van der Waals surface area contributed by atoms with Crippen LogP contribution >= 0.6 is 0 Å². The summed E-state index contributed by atoms with van der Waals surface area (Å²) in [7, 11) is 1.66. The first-order chi connectivity index (χ1) is 11.3. The molecule has 0 spiro atoms.